The van der Waals surface area contributed by atoms with Crippen LogP contribution in [0.1, 0.15) is 10.4 Å². The molecule has 0 aromatic heterocycles. The summed E-state index contributed by atoms with van der Waals surface area (Å²) in [6, 6.07) is 7.30. The average molecular weight is 424 g/mol. The van der Waals surface area contributed by atoms with Gasteiger partial charge in [0.05, 0.1) is 33.4 Å². The molecule has 0 radical (unpaired) electrons. The van der Waals surface area contributed by atoms with Gasteiger partial charge in [-0.05, 0) is 12.1 Å². The topological polar surface area (TPSA) is 144 Å². The van der Waals surface area contributed by atoms with Gasteiger partial charge in [0.15, 0.2) is 0 Å². The van der Waals surface area contributed by atoms with E-state index >= 15 is 0 Å². The number of rotatable bonds is 6. The second-order valence-electron chi connectivity index (χ2n) is 5.73. The second-order valence-corrected chi connectivity index (χ2v) is 9.00. The van der Waals surface area contributed by atoms with Gasteiger partial charge in [-0.2, -0.15) is 0 Å². The normalized spacial score (nSPS) is 11.7. The predicted octanol–water partition coefficient (Wildman–Crippen LogP) is -2.46. The van der Waals surface area contributed by atoms with Crippen LogP contribution in [-0.2, 0) is 20.1 Å². The van der Waals surface area contributed by atoms with Crippen molar-refractivity contribution in [3.8, 4) is 5.75 Å². The minimum atomic E-state index is -4.47. The number of fused-ring (bicyclic) bond motifs is 1. The minimum absolute atomic E-state index is 0. The van der Waals surface area contributed by atoms with Gasteiger partial charge in [-0.25, -0.2) is 16.8 Å². The number of phenols is 1. The molecule has 27 heavy (non-hydrogen) atoms. The first kappa shape index (κ1) is 23.7. The number of amides is 1. The molecule has 2 aromatic carbocycles. The zero-order valence-electron chi connectivity index (χ0n) is 15.0. The Balaban J connectivity index is 0.00000364. The number of hydrogen-bond donors (Lipinski definition) is 2. The van der Waals surface area contributed by atoms with E-state index in [4.69, 9.17) is 0 Å². The summed E-state index contributed by atoms with van der Waals surface area (Å²) in [5.41, 5.74) is 0.143. The number of sulfonamides is 1. The molecule has 9 nitrogen and oxygen atoms in total. The molecule has 0 fully saturated rings. The molecule has 2 aromatic rings. The van der Waals surface area contributed by atoms with Gasteiger partial charge in [0.1, 0.15) is 5.75 Å². The SMILES string of the molecule is CN(CCS(=O)(=O)[O-])C(=O)c1ccc2c(NS(C)(=O)=O)cccc2c1O.[Na+]. The van der Waals surface area contributed by atoms with Gasteiger partial charge in [-0.3, -0.25) is 9.52 Å². The number of anilines is 1. The van der Waals surface area contributed by atoms with Gasteiger partial charge in [0.25, 0.3) is 5.91 Å². The van der Waals surface area contributed by atoms with Crippen molar-refractivity contribution in [1.29, 1.82) is 0 Å². The van der Waals surface area contributed by atoms with Crippen molar-refractivity contribution in [3.05, 3.63) is 35.9 Å². The Morgan fingerprint density at radius 1 is 1.15 bits per heavy atom. The Morgan fingerprint density at radius 2 is 1.78 bits per heavy atom. The van der Waals surface area contributed by atoms with Crippen LogP contribution in [0.25, 0.3) is 10.8 Å². The molecule has 0 bridgehead atoms. The first-order chi connectivity index (χ1) is 11.9. The Hall–Kier alpha value is -1.37. The fourth-order valence-corrected chi connectivity index (χ4v) is 3.43. The maximum Gasteiger partial charge on any atom is 1.00 e. The molecular weight excluding hydrogens is 407 g/mol. The van der Waals surface area contributed by atoms with Crippen molar-refractivity contribution >= 4 is 42.5 Å². The summed E-state index contributed by atoms with van der Waals surface area (Å²) >= 11 is 0. The van der Waals surface area contributed by atoms with Crippen LogP contribution in [0.2, 0.25) is 0 Å². The largest absolute Gasteiger partial charge is 1.00 e. The second kappa shape index (κ2) is 8.76. The van der Waals surface area contributed by atoms with E-state index in [0.717, 1.165) is 11.2 Å². The molecule has 0 aliphatic heterocycles. The summed E-state index contributed by atoms with van der Waals surface area (Å²) < 4.78 is 57.3. The Labute approximate surface area is 179 Å². The molecule has 2 N–H and O–H groups in total. The molecule has 0 saturated heterocycles. The number of carbonyl (C=O) groups excluding carboxylic acids is 1. The van der Waals surface area contributed by atoms with Gasteiger partial charge in [-0.1, -0.05) is 18.2 Å². The number of benzene rings is 2. The van der Waals surface area contributed by atoms with E-state index in [1.807, 2.05) is 0 Å². The Bertz CT molecular complexity index is 1070. The molecule has 0 aliphatic rings. The molecule has 0 atom stereocenters. The zero-order chi connectivity index (χ0) is 19.7. The molecular formula is C15H17N2NaO7S2. The van der Waals surface area contributed by atoms with Gasteiger partial charge in [0, 0.05) is 24.4 Å². The first-order valence-electron chi connectivity index (χ1n) is 7.30. The molecule has 0 saturated carbocycles. The third-order valence-electron chi connectivity index (χ3n) is 3.58. The number of nitrogens with one attached hydrogen (secondary N) is 1. The van der Waals surface area contributed by atoms with Crippen LogP contribution in [0.3, 0.4) is 0 Å². The fraction of sp³-hybridized carbons (Fsp3) is 0.267. The summed E-state index contributed by atoms with van der Waals surface area (Å²) in [6.45, 7) is -0.322. The van der Waals surface area contributed by atoms with Crippen molar-refractivity contribution < 1.29 is 60.8 Å². The summed E-state index contributed by atoms with van der Waals surface area (Å²) in [4.78, 5) is 13.4. The van der Waals surface area contributed by atoms with Crippen molar-refractivity contribution in [3.63, 3.8) is 0 Å². The molecule has 142 valence electrons. The molecule has 12 heteroatoms. The quantitative estimate of drug-likeness (QED) is 0.387. The summed E-state index contributed by atoms with van der Waals surface area (Å²) in [5.74, 6) is -1.79. The number of hydrogen-bond acceptors (Lipinski definition) is 7. The third-order valence-corrected chi connectivity index (χ3v) is 4.86. The number of nitrogens with zero attached hydrogens (tertiary/aromatic N) is 1. The standard InChI is InChI=1S/C15H18N2O7S2.Na/c1-17(8-9-26(22,23)24)15(19)12-7-6-10-11(14(12)18)4-3-5-13(10)16-25(2,20)21;/h3-7,16,18H,8-9H2,1-2H3,(H,22,23,24);/q;+1/p-1. The van der Waals surface area contributed by atoms with Gasteiger partial charge in [0.2, 0.25) is 10.0 Å². The van der Waals surface area contributed by atoms with E-state index in [1.165, 1.54) is 37.4 Å². The first-order valence-corrected chi connectivity index (χ1v) is 10.8. The van der Waals surface area contributed by atoms with Crippen LogP contribution in [0.5, 0.6) is 5.75 Å². The molecule has 1 amide bonds. The summed E-state index contributed by atoms with van der Waals surface area (Å²) in [5, 5.41) is 11.0. The van der Waals surface area contributed by atoms with Crippen LogP contribution in [0, 0.1) is 0 Å². The number of phenolic OH excluding ortho intramolecular Hbond substituents is 1. The van der Waals surface area contributed by atoms with Crippen molar-refractivity contribution in [2.24, 2.45) is 0 Å². The van der Waals surface area contributed by atoms with Gasteiger partial charge < -0.3 is 14.6 Å². The maximum absolute atomic E-state index is 12.4. The minimum Gasteiger partial charge on any atom is -0.748 e. The molecule has 2 rings (SSSR count). The maximum atomic E-state index is 12.4. The molecule has 0 aliphatic carbocycles. The fourth-order valence-electron chi connectivity index (χ4n) is 2.36. The monoisotopic (exact) mass is 424 g/mol. The summed E-state index contributed by atoms with van der Waals surface area (Å²) in [6.07, 6.45) is 0.989. The van der Waals surface area contributed by atoms with Gasteiger partial charge >= 0.3 is 29.6 Å². The Morgan fingerprint density at radius 3 is 2.33 bits per heavy atom. The Kier molecular flexibility index (Phi) is 7.68. The summed E-state index contributed by atoms with van der Waals surface area (Å²) in [7, 11) is -6.71. The third kappa shape index (κ3) is 6.33. The van der Waals surface area contributed by atoms with E-state index in [-0.39, 0.29) is 58.5 Å². The molecule has 0 heterocycles. The van der Waals surface area contributed by atoms with Crippen molar-refractivity contribution in [1.82, 2.24) is 4.90 Å². The van der Waals surface area contributed by atoms with E-state index in [2.05, 4.69) is 4.72 Å². The van der Waals surface area contributed by atoms with Crippen molar-refractivity contribution in [2.45, 2.75) is 0 Å². The predicted molar refractivity (Wildman–Crippen MR) is 95.6 cm³/mol. The number of aromatic hydroxyl groups is 1. The van der Waals surface area contributed by atoms with Crippen LogP contribution in [0.15, 0.2) is 30.3 Å². The van der Waals surface area contributed by atoms with Crippen LogP contribution in [-0.4, -0.2) is 62.9 Å². The zero-order valence-corrected chi connectivity index (χ0v) is 18.6. The van der Waals surface area contributed by atoms with Crippen LogP contribution in [0.4, 0.5) is 5.69 Å². The number of carbonyl (C=O) groups is 1. The van der Waals surface area contributed by atoms with E-state index in [1.54, 1.807) is 0 Å². The molecule has 0 spiro atoms. The van der Waals surface area contributed by atoms with Crippen LogP contribution >= 0.6 is 0 Å². The van der Waals surface area contributed by atoms with Crippen molar-refractivity contribution in [2.75, 3.05) is 30.3 Å². The van der Waals surface area contributed by atoms with E-state index in [9.17, 15) is 31.3 Å². The smallest absolute Gasteiger partial charge is 0.748 e. The van der Waals surface area contributed by atoms with Gasteiger partial charge in [-0.15, -0.1) is 0 Å². The van der Waals surface area contributed by atoms with Crippen LogP contribution < -0.4 is 34.3 Å². The van der Waals surface area contributed by atoms with E-state index < -0.39 is 31.8 Å². The average Bonchev–Trinajstić information content (AvgIpc) is 2.51. The van der Waals surface area contributed by atoms with E-state index in [0.29, 0.717) is 5.39 Å². The molecule has 0 unspecified atom stereocenters.